The van der Waals surface area contributed by atoms with Gasteiger partial charge in [-0.05, 0) is 24.1 Å². The quantitative estimate of drug-likeness (QED) is 0.529. The van der Waals surface area contributed by atoms with Gasteiger partial charge in [0.2, 0.25) is 0 Å². The van der Waals surface area contributed by atoms with Crippen LogP contribution in [0.5, 0.6) is 0 Å². The first-order valence-electron chi connectivity index (χ1n) is 7.67. The van der Waals surface area contributed by atoms with Gasteiger partial charge in [-0.2, -0.15) is 0 Å². The standard InChI is InChI=1S/C16H17BrFN3O5/c1-7(2)16(6-11(22)23)13(24)12(14(25)21-16)20-15(26)19-10-4-3-8(17)5-9(10)18/h3-5,7,12H,6H2,1-2H3,(H,21,25)(H,22,23)(H2,19,20,26). The van der Waals surface area contributed by atoms with E-state index in [1.165, 1.54) is 12.1 Å². The van der Waals surface area contributed by atoms with Gasteiger partial charge in [-0.1, -0.05) is 29.8 Å². The number of nitrogens with one attached hydrogen (secondary N) is 3. The molecule has 3 amide bonds. The Kier molecular flexibility index (Phi) is 5.65. The molecule has 2 unspecified atom stereocenters. The summed E-state index contributed by atoms with van der Waals surface area (Å²) in [5, 5.41) is 15.8. The first kappa shape index (κ1) is 19.8. The van der Waals surface area contributed by atoms with Gasteiger partial charge >= 0.3 is 12.0 Å². The van der Waals surface area contributed by atoms with Crippen molar-refractivity contribution in [1.82, 2.24) is 10.6 Å². The van der Waals surface area contributed by atoms with Crippen molar-refractivity contribution in [2.75, 3.05) is 5.32 Å². The van der Waals surface area contributed by atoms with E-state index >= 15 is 0 Å². The molecular weight excluding hydrogens is 413 g/mol. The number of carboxylic acid groups (broad SMARTS) is 1. The van der Waals surface area contributed by atoms with Gasteiger partial charge in [-0.3, -0.25) is 14.4 Å². The summed E-state index contributed by atoms with van der Waals surface area (Å²) < 4.78 is 14.2. The Labute approximate surface area is 156 Å². The molecule has 0 aliphatic carbocycles. The van der Waals surface area contributed by atoms with Crippen LogP contribution in [0.4, 0.5) is 14.9 Å². The van der Waals surface area contributed by atoms with Crippen LogP contribution in [0.3, 0.4) is 0 Å². The average molecular weight is 430 g/mol. The van der Waals surface area contributed by atoms with Crippen molar-refractivity contribution in [3.63, 3.8) is 0 Å². The number of carboxylic acids is 1. The monoisotopic (exact) mass is 429 g/mol. The van der Waals surface area contributed by atoms with E-state index in [9.17, 15) is 23.6 Å². The van der Waals surface area contributed by atoms with Gasteiger partial charge in [0.1, 0.15) is 11.4 Å². The largest absolute Gasteiger partial charge is 0.481 e. The molecule has 1 heterocycles. The SMILES string of the molecule is CC(C)C1(CC(=O)O)NC(=O)C(NC(=O)Nc2ccc(Br)cc2F)C1=O. The van der Waals surface area contributed by atoms with E-state index < -0.39 is 53.4 Å². The fraction of sp³-hybridized carbons (Fsp3) is 0.375. The van der Waals surface area contributed by atoms with Gasteiger partial charge in [0.15, 0.2) is 11.8 Å². The van der Waals surface area contributed by atoms with Crippen LogP contribution < -0.4 is 16.0 Å². The highest BCUT2D eigenvalue weighted by Crippen LogP contribution is 2.29. The smallest absolute Gasteiger partial charge is 0.320 e. The van der Waals surface area contributed by atoms with Gasteiger partial charge < -0.3 is 21.1 Å². The van der Waals surface area contributed by atoms with E-state index in [0.29, 0.717) is 4.47 Å². The second-order valence-electron chi connectivity index (χ2n) is 6.21. The lowest BCUT2D eigenvalue weighted by Gasteiger charge is -2.30. The van der Waals surface area contributed by atoms with Crippen LogP contribution in [-0.4, -0.2) is 40.4 Å². The van der Waals surface area contributed by atoms with Crippen molar-refractivity contribution in [3.8, 4) is 0 Å². The number of ketones is 1. The van der Waals surface area contributed by atoms with Gasteiger partial charge in [-0.15, -0.1) is 0 Å². The minimum absolute atomic E-state index is 0.141. The molecule has 0 aromatic heterocycles. The second kappa shape index (κ2) is 7.40. The third kappa shape index (κ3) is 3.85. The summed E-state index contributed by atoms with van der Waals surface area (Å²) in [6, 6.07) is 1.42. The number of carbonyl (C=O) groups is 4. The Hall–Kier alpha value is -2.49. The molecule has 1 fully saturated rings. The maximum atomic E-state index is 13.8. The number of carbonyl (C=O) groups excluding carboxylic acids is 3. The van der Waals surface area contributed by atoms with Crippen molar-refractivity contribution in [2.24, 2.45) is 5.92 Å². The number of anilines is 1. The summed E-state index contributed by atoms with van der Waals surface area (Å²) >= 11 is 3.08. The van der Waals surface area contributed by atoms with Crippen LogP contribution in [0.15, 0.2) is 22.7 Å². The molecule has 0 bridgehead atoms. The minimum atomic E-state index is -1.61. The lowest BCUT2D eigenvalue weighted by molar-refractivity contribution is -0.142. The molecule has 0 spiro atoms. The summed E-state index contributed by atoms with van der Waals surface area (Å²) in [5.41, 5.74) is -1.75. The van der Waals surface area contributed by atoms with Gasteiger partial charge in [0, 0.05) is 4.47 Å². The molecule has 1 aromatic rings. The molecule has 140 valence electrons. The number of rotatable bonds is 5. The summed E-state index contributed by atoms with van der Waals surface area (Å²) in [7, 11) is 0. The zero-order chi connectivity index (χ0) is 19.6. The van der Waals surface area contributed by atoms with E-state index in [2.05, 4.69) is 31.9 Å². The number of hydrogen-bond donors (Lipinski definition) is 4. The van der Waals surface area contributed by atoms with Gasteiger partial charge in [0.25, 0.3) is 5.91 Å². The summed E-state index contributed by atoms with van der Waals surface area (Å²) in [6.07, 6.45) is -0.601. The third-order valence-electron chi connectivity index (χ3n) is 4.18. The normalized spacial score (nSPS) is 22.3. The molecule has 1 aliphatic heterocycles. The molecule has 1 saturated heterocycles. The lowest BCUT2D eigenvalue weighted by atomic mass is 9.80. The molecule has 8 nitrogen and oxygen atoms in total. The first-order valence-corrected chi connectivity index (χ1v) is 8.47. The van der Waals surface area contributed by atoms with E-state index in [-0.39, 0.29) is 5.69 Å². The zero-order valence-electron chi connectivity index (χ0n) is 13.9. The molecule has 1 aliphatic rings. The fourth-order valence-electron chi connectivity index (χ4n) is 2.74. The minimum Gasteiger partial charge on any atom is -0.481 e. The molecule has 4 N–H and O–H groups in total. The Bertz CT molecular complexity index is 785. The van der Waals surface area contributed by atoms with E-state index in [1.54, 1.807) is 13.8 Å². The molecule has 2 atom stereocenters. The fourth-order valence-corrected chi connectivity index (χ4v) is 3.08. The van der Waals surface area contributed by atoms with Crippen LogP contribution >= 0.6 is 15.9 Å². The van der Waals surface area contributed by atoms with E-state index in [1.807, 2.05) is 0 Å². The summed E-state index contributed by atoms with van der Waals surface area (Å²) in [6.45, 7) is 3.20. The highest BCUT2D eigenvalue weighted by Gasteiger charge is 2.55. The molecule has 0 radical (unpaired) electrons. The zero-order valence-corrected chi connectivity index (χ0v) is 15.5. The van der Waals surface area contributed by atoms with Crippen molar-refractivity contribution in [2.45, 2.75) is 31.8 Å². The molecular formula is C16H17BrFN3O5. The second-order valence-corrected chi connectivity index (χ2v) is 7.12. The molecule has 1 aromatic carbocycles. The predicted octanol–water partition coefficient (Wildman–Crippen LogP) is 1.65. The van der Waals surface area contributed by atoms with Crippen LogP contribution in [-0.2, 0) is 14.4 Å². The van der Waals surface area contributed by atoms with E-state index in [4.69, 9.17) is 5.11 Å². The molecule has 0 saturated carbocycles. The lowest BCUT2D eigenvalue weighted by Crippen LogP contribution is -2.53. The summed E-state index contributed by atoms with van der Waals surface area (Å²) in [5.74, 6) is -4.02. The third-order valence-corrected chi connectivity index (χ3v) is 4.67. The number of aliphatic carboxylic acids is 1. The Morgan fingerprint density at radius 1 is 1.38 bits per heavy atom. The van der Waals surface area contributed by atoms with Crippen molar-refractivity contribution in [1.29, 1.82) is 0 Å². The molecule has 26 heavy (non-hydrogen) atoms. The molecule has 10 heteroatoms. The number of Topliss-reactive ketones (excluding diaryl/α,β-unsaturated/α-hetero) is 1. The Balaban J connectivity index is 2.16. The first-order chi connectivity index (χ1) is 12.1. The van der Waals surface area contributed by atoms with Gasteiger partial charge in [-0.25, -0.2) is 9.18 Å². The highest BCUT2D eigenvalue weighted by atomic mass is 79.9. The van der Waals surface area contributed by atoms with Crippen LogP contribution in [0.2, 0.25) is 0 Å². The van der Waals surface area contributed by atoms with Crippen molar-refractivity contribution < 1.29 is 28.7 Å². The van der Waals surface area contributed by atoms with Crippen LogP contribution in [0.1, 0.15) is 20.3 Å². The maximum absolute atomic E-state index is 13.8. The van der Waals surface area contributed by atoms with Gasteiger partial charge in [0.05, 0.1) is 12.1 Å². The molecule has 2 rings (SSSR count). The van der Waals surface area contributed by atoms with Crippen molar-refractivity contribution in [3.05, 3.63) is 28.5 Å². The Morgan fingerprint density at radius 3 is 2.58 bits per heavy atom. The summed E-state index contributed by atoms with van der Waals surface area (Å²) in [4.78, 5) is 47.9. The predicted molar refractivity (Wildman–Crippen MR) is 93.0 cm³/mol. The number of urea groups is 1. The maximum Gasteiger partial charge on any atom is 0.320 e. The number of hydrogen-bond acceptors (Lipinski definition) is 4. The van der Waals surface area contributed by atoms with E-state index in [0.717, 1.165) is 6.07 Å². The van der Waals surface area contributed by atoms with Crippen LogP contribution in [0, 0.1) is 11.7 Å². The highest BCUT2D eigenvalue weighted by molar-refractivity contribution is 9.10. The number of amides is 3. The average Bonchev–Trinajstić information content (AvgIpc) is 2.75. The number of halogens is 2. The number of benzene rings is 1. The van der Waals surface area contributed by atoms with Crippen molar-refractivity contribution >= 4 is 45.3 Å². The van der Waals surface area contributed by atoms with Crippen LogP contribution in [0.25, 0.3) is 0 Å². The topological polar surface area (TPSA) is 125 Å². The Morgan fingerprint density at radius 2 is 2.04 bits per heavy atom.